The number of ether oxygens (including phenoxy) is 2. The summed E-state index contributed by atoms with van der Waals surface area (Å²) in [6.07, 6.45) is 4.33. The van der Waals surface area contributed by atoms with Gasteiger partial charge in [-0.2, -0.15) is 0 Å². The van der Waals surface area contributed by atoms with Crippen LogP contribution in [0.4, 0.5) is 11.4 Å². The zero-order valence-corrected chi connectivity index (χ0v) is 28.3. The third kappa shape index (κ3) is 2.70. The van der Waals surface area contributed by atoms with Crippen LogP contribution >= 0.6 is 11.3 Å². The average Bonchev–Trinajstić information content (AvgIpc) is 3.96. The maximum absolute atomic E-state index is 7.03. The lowest BCUT2D eigenvalue weighted by Crippen LogP contribution is -2.72. The average molecular weight is 684 g/mol. The molecule has 0 saturated carbocycles. The number of aromatic nitrogens is 2. The van der Waals surface area contributed by atoms with Crippen LogP contribution in [0.2, 0.25) is 0 Å². The summed E-state index contributed by atoms with van der Waals surface area (Å²) in [5, 5.41) is 6.41. The lowest BCUT2D eigenvalue weighted by atomic mass is 9.83. The fraction of sp³-hybridized carbons (Fsp3) is 0.0435. The molecule has 240 valence electrons. The summed E-state index contributed by atoms with van der Waals surface area (Å²) in [4.78, 5) is 4.98. The normalized spacial score (nSPS) is 18.5. The van der Waals surface area contributed by atoms with Crippen LogP contribution in [0.25, 0.3) is 64.6 Å². The number of para-hydroxylation sites is 2. The molecule has 5 aliphatic rings. The second-order valence-corrected chi connectivity index (χ2v) is 15.4. The zero-order chi connectivity index (χ0) is 33.4. The Hall–Kier alpha value is -6.50. The predicted molar refractivity (Wildman–Crippen MR) is 204 cm³/mol. The quantitative estimate of drug-likeness (QED) is 0.134. The molecule has 0 saturated heterocycles. The summed E-state index contributed by atoms with van der Waals surface area (Å²) >= 11 is 1.90. The zero-order valence-electron chi connectivity index (χ0n) is 27.5. The summed E-state index contributed by atoms with van der Waals surface area (Å²) in [6, 6.07) is 48.2. The Morgan fingerprint density at radius 1 is 0.558 bits per heavy atom. The number of rotatable bonds is 2. The van der Waals surface area contributed by atoms with Crippen LogP contribution in [-0.2, 0) is 5.66 Å². The fourth-order valence-electron chi connectivity index (χ4n) is 10.3. The molecule has 0 aliphatic carbocycles. The first-order chi connectivity index (χ1) is 25.8. The van der Waals surface area contributed by atoms with Gasteiger partial charge in [-0.25, -0.2) is 0 Å². The first-order valence-corrected chi connectivity index (χ1v) is 18.6. The van der Waals surface area contributed by atoms with Crippen molar-refractivity contribution in [3.63, 3.8) is 0 Å². The molecule has 0 radical (unpaired) electrons. The largest absolute Gasteiger partial charge is 0.464 e. The van der Waals surface area contributed by atoms with Crippen molar-refractivity contribution in [1.82, 2.24) is 0 Å². The maximum atomic E-state index is 7.03. The molecular weight excluding hydrogens is 659 g/mol. The number of benzene rings is 6. The van der Waals surface area contributed by atoms with Crippen LogP contribution in [-0.4, -0.2) is 0 Å². The van der Waals surface area contributed by atoms with E-state index in [-0.39, 0.29) is 6.23 Å². The van der Waals surface area contributed by atoms with E-state index in [4.69, 9.17) is 9.47 Å². The van der Waals surface area contributed by atoms with Gasteiger partial charge in [-0.3, -0.25) is 4.90 Å². The molecule has 2 atom stereocenters. The molecule has 6 aromatic carbocycles. The molecule has 0 N–H and O–H groups in total. The van der Waals surface area contributed by atoms with E-state index in [1.54, 1.807) is 0 Å². The third-order valence-electron chi connectivity index (χ3n) is 12.1. The predicted octanol–water partition coefficient (Wildman–Crippen LogP) is 10.4. The number of thiophene rings is 1. The van der Waals surface area contributed by atoms with Gasteiger partial charge in [-0.1, -0.05) is 72.8 Å². The minimum absolute atomic E-state index is 0.259. The monoisotopic (exact) mass is 683 g/mol. The second kappa shape index (κ2) is 8.68. The van der Waals surface area contributed by atoms with Crippen LogP contribution in [0.1, 0.15) is 22.9 Å². The molecule has 3 aromatic heterocycles. The van der Waals surface area contributed by atoms with E-state index in [0.29, 0.717) is 0 Å². The Kier molecular flexibility index (Phi) is 4.39. The number of anilines is 2. The molecule has 14 rings (SSSR count). The summed E-state index contributed by atoms with van der Waals surface area (Å²) in [6.45, 7) is 0. The van der Waals surface area contributed by atoms with Gasteiger partial charge in [0.05, 0.1) is 22.0 Å². The van der Waals surface area contributed by atoms with Gasteiger partial charge >= 0.3 is 5.66 Å². The molecule has 6 heteroatoms. The van der Waals surface area contributed by atoms with Crippen molar-refractivity contribution in [1.29, 1.82) is 0 Å². The van der Waals surface area contributed by atoms with E-state index in [0.717, 1.165) is 28.6 Å². The number of nitrogens with zero attached hydrogens (tertiary/aromatic N) is 3. The van der Waals surface area contributed by atoms with Crippen molar-refractivity contribution in [2.45, 2.75) is 11.9 Å². The van der Waals surface area contributed by atoms with Crippen molar-refractivity contribution in [2.24, 2.45) is 0 Å². The van der Waals surface area contributed by atoms with Crippen LogP contribution in [0.15, 0.2) is 146 Å². The van der Waals surface area contributed by atoms with Gasteiger partial charge in [0.25, 0.3) is 0 Å². The number of pyridine rings is 2. The van der Waals surface area contributed by atoms with Gasteiger partial charge in [0.2, 0.25) is 17.4 Å². The molecular formula is C46H25N3O2S+2. The topological polar surface area (TPSA) is 29.5 Å². The Labute approximate surface area is 301 Å². The number of hydrogen-bond acceptors (Lipinski definition) is 4. The highest BCUT2D eigenvalue weighted by Gasteiger charge is 2.72. The fourth-order valence-corrected chi connectivity index (χ4v) is 11.6. The van der Waals surface area contributed by atoms with E-state index >= 15 is 0 Å². The van der Waals surface area contributed by atoms with Crippen molar-refractivity contribution >= 4 is 55.2 Å². The molecule has 0 bridgehead atoms. The van der Waals surface area contributed by atoms with Gasteiger partial charge in [0, 0.05) is 38.2 Å². The molecule has 9 aromatic rings. The van der Waals surface area contributed by atoms with Gasteiger partial charge in [-0.15, -0.1) is 20.5 Å². The summed E-state index contributed by atoms with van der Waals surface area (Å²) in [5.74, 6) is 2.72. The van der Waals surface area contributed by atoms with E-state index in [2.05, 4.69) is 160 Å². The summed E-state index contributed by atoms with van der Waals surface area (Å²) in [7, 11) is 0. The Bertz CT molecular complexity index is 3150. The molecule has 52 heavy (non-hydrogen) atoms. The Balaban J connectivity index is 1.19. The van der Waals surface area contributed by atoms with Crippen LogP contribution < -0.4 is 23.5 Å². The van der Waals surface area contributed by atoms with Crippen molar-refractivity contribution in [3.05, 3.63) is 163 Å². The Morgan fingerprint density at radius 2 is 1.23 bits per heavy atom. The maximum Gasteiger partial charge on any atom is 0.425 e. The number of hydrogen-bond donors (Lipinski definition) is 0. The van der Waals surface area contributed by atoms with E-state index in [1.807, 2.05) is 11.3 Å². The first kappa shape index (κ1) is 26.3. The van der Waals surface area contributed by atoms with Gasteiger partial charge in [-0.05, 0) is 65.0 Å². The molecule has 2 unspecified atom stereocenters. The lowest BCUT2D eigenvalue weighted by Gasteiger charge is -2.30. The second-order valence-electron chi connectivity index (χ2n) is 14.3. The molecule has 5 aliphatic heterocycles. The number of fused-ring (bicyclic) bond motifs is 8. The third-order valence-corrected chi connectivity index (χ3v) is 13.4. The van der Waals surface area contributed by atoms with Gasteiger partial charge in [0.15, 0.2) is 23.5 Å². The minimum Gasteiger partial charge on any atom is -0.464 e. The van der Waals surface area contributed by atoms with E-state index in [1.165, 1.54) is 81.3 Å². The van der Waals surface area contributed by atoms with Gasteiger partial charge in [0.1, 0.15) is 22.9 Å². The molecule has 0 amide bonds. The molecule has 0 fully saturated rings. The van der Waals surface area contributed by atoms with E-state index in [9.17, 15) is 0 Å². The lowest BCUT2D eigenvalue weighted by molar-refractivity contribution is -0.950. The highest BCUT2D eigenvalue weighted by Crippen LogP contribution is 2.64. The van der Waals surface area contributed by atoms with Crippen LogP contribution in [0.5, 0.6) is 17.2 Å². The van der Waals surface area contributed by atoms with E-state index < -0.39 is 5.66 Å². The van der Waals surface area contributed by atoms with Crippen LogP contribution in [0, 0.1) is 0 Å². The summed E-state index contributed by atoms with van der Waals surface area (Å²) < 4.78 is 18.9. The highest BCUT2D eigenvalue weighted by atomic mass is 32.1. The standard InChI is InChI=1S/C46H25N3O2S/c1-3-11-25(12-4-1)43-35-27-19-21-33-39-37(27)41-28(36(35)44(52-43)26-13-5-2-6-14-26)15-9-23-47(41)46(39)40-34(50-33)22-20-29-38(40)42-31(17-10-24-48(42)46)49-30-16-7-8-18-32(30)51-45(29)49/h1-24,45H/q+2. The van der Waals surface area contributed by atoms with Gasteiger partial charge < -0.3 is 9.47 Å². The Morgan fingerprint density at radius 3 is 2.06 bits per heavy atom. The van der Waals surface area contributed by atoms with Crippen molar-refractivity contribution in [2.75, 3.05) is 4.90 Å². The SMILES string of the molecule is c1ccc(-c2sc(-c3ccccc3)c3c4ccc[n+]5c4c4c6c(ccc4c23)Oc2ccc3c4c2C65[n+]2cccc(c2-4)N2c4ccccc4OC32)cc1. The summed E-state index contributed by atoms with van der Waals surface area (Å²) in [5.41, 5.74) is 11.3. The molecule has 1 spiro atoms. The van der Waals surface area contributed by atoms with Crippen LogP contribution in [0.3, 0.4) is 0 Å². The minimum atomic E-state index is -0.678. The smallest absolute Gasteiger partial charge is 0.425 e. The first-order valence-electron chi connectivity index (χ1n) is 17.8. The highest BCUT2D eigenvalue weighted by molar-refractivity contribution is 7.21. The van der Waals surface area contributed by atoms with Crippen molar-refractivity contribution in [3.8, 4) is 49.4 Å². The molecule has 8 heterocycles. The molecule has 5 nitrogen and oxygen atoms in total. The van der Waals surface area contributed by atoms with Crippen molar-refractivity contribution < 1.29 is 18.6 Å².